The lowest BCUT2D eigenvalue weighted by Crippen LogP contribution is -2.43. The Morgan fingerprint density at radius 3 is 2.78 bits per heavy atom. The van der Waals surface area contributed by atoms with E-state index in [2.05, 4.69) is 20.0 Å². The van der Waals surface area contributed by atoms with Crippen molar-refractivity contribution in [1.82, 2.24) is 5.32 Å². The van der Waals surface area contributed by atoms with Gasteiger partial charge in [-0.2, -0.15) is 0 Å². The molecule has 0 amide bonds. The Morgan fingerprint density at radius 2 is 2.07 bits per heavy atom. The topological polar surface area (TPSA) is 80.1 Å². The second-order valence-electron chi connectivity index (χ2n) is 5.65. The van der Waals surface area contributed by atoms with Gasteiger partial charge >= 0.3 is 5.97 Å². The summed E-state index contributed by atoms with van der Waals surface area (Å²) < 4.78 is 18.9. The summed E-state index contributed by atoms with van der Waals surface area (Å²) in [6, 6.07) is 9.98. The van der Waals surface area contributed by atoms with Gasteiger partial charge < -0.3 is 14.8 Å². The van der Waals surface area contributed by atoms with Gasteiger partial charge in [0.1, 0.15) is 11.7 Å². The average Bonchev–Trinajstić information content (AvgIpc) is 2.85. The number of nitrogens with zero attached hydrogens (tertiary/aromatic N) is 2. The fourth-order valence-electron chi connectivity index (χ4n) is 2.63. The summed E-state index contributed by atoms with van der Waals surface area (Å²) in [6.07, 6.45) is 0.420. The fourth-order valence-corrected chi connectivity index (χ4v) is 2.80. The van der Waals surface area contributed by atoms with Crippen LogP contribution in [0.4, 0.5) is 10.1 Å². The lowest BCUT2D eigenvalue weighted by Gasteiger charge is -2.12. The normalized spacial score (nSPS) is 14.2. The number of amidine groups is 1. The van der Waals surface area contributed by atoms with Gasteiger partial charge in [-0.1, -0.05) is 23.7 Å². The standard InChI is InChI=1S/C19H15ClFN3O3/c1-27-19(26)16(10-25)24-17-9-22-18(12-4-2-3-5-14(12)21)13-8-11(20)6-7-15(13)23-17/h2-8,10,16H,9H2,1H3,(H,23,24). The molecule has 1 N–H and O–H groups in total. The van der Waals surface area contributed by atoms with Gasteiger partial charge in [0, 0.05) is 16.1 Å². The first kappa shape index (κ1) is 18.7. The molecule has 2 aromatic rings. The lowest BCUT2D eigenvalue weighted by atomic mass is 10.0. The summed E-state index contributed by atoms with van der Waals surface area (Å²) in [7, 11) is 1.18. The molecule has 0 aliphatic carbocycles. The molecule has 1 unspecified atom stereocenters. The van der Waals surface area contributed by atoms with Crippen LogP contribution >= 0.6 is 11.6 Å². The van der Waals surface area contributed by atoms with Crippen molar-refractivity contribution in [3.63, 3.8) is 0 Å². The molecule has 1 aliphatic heterocycles. The van der Waals surface area contributed by atoms with Crippen molar-refractivity contribution in [3.05, 3.63) is 64.4 Å². The van der Waals surface area contributed by atoms with Gasteiger partial charge in [-0.3, -0.25) is 4.99 Å². The van der Waals surface area contributed by atoms with E-state index >= 15 is 0 Å². The molecule has 0 saturated heterocycles. The number of hydrogen-bond acceptors (Lipinski definition) is 6. The zero-order valence-electron chi connectivity index (χ0n) is 14.3. The summed E-state index contributed by atoms with van der Waals surface area (Å²) in [4.78, 5) is 31.7. The molecule has 138 valence electrons. The third-order valence-electron chi connectivity index (χ3n) is 3.90. The van der Waals surface area contributed by atoms with Crippen LogP contribution < -0.4 is 5.32 Å². The van der Waals surface area contributed by atoms with Crippen LogP contribution in [0, 0.1) is 5.82 Å². The molecular formula is C19H15ClFN3O3. The Kier molecular flexibility index (Phi) is 5.61. The molecule has 0 saturated carbocycles. The number of hydrogen-bond donors (Lipinski definition) is 1. The van der Waals surface area contributed by atoms with Crippen molar-refractivity contribution in [3.8, 4) is 0 Å². The summed E-state index contributed by atoms with van der Waals surface area (Å²) in [6.45, 7) is 0.0112. The van der Waals surface area contributed by atoms with E-state index in [0.29, 0.717) is 33.8 Å². The van der Waals surface area contributed by atoms with E-state index in [-0.39, 0.29) is 12.4 Å². The van der Waals surface area contributed by atoms with Gasteiger partial charge in [0.25, 0.3) is 0 Å². The first-order valence-electron chi connectivity index (χ1n) is 8.00. The van der Waals surface area contributed by atoms with Crippen LogP contribution in [0.15, 0.2) is 52.4 Å². The monoisotopic (exact) mass is 387 g/mol. The van der Waals surface area contributed by atoms with Crippen LogP contribution in [0.1, 0.15) is 11.1 Å². The van der Waals surface area contributed by atoms with Crippen molar-refractivity contribution < 1.29 is 18.7 Å². The Morgan fingerprint density at radius 1 is 1.30 bits per heavy atom. The molecule has 8 heteroatoms. The fraction of sp³-hybridized carbons (Fsp3) is 0.158. The van der Waals surface area contributed by atoms with Gasteiger partial charge in [-0.05, 0) is 30.3 Å². The highest BCUT2D eigenvalue weighted by molar-refractivity contribution is 6.31. The van der Waals surface area contributed by atoms with Crippen molar-refractivity contribution in [2.24, 2.45) is 9.98 Å². The molecule has 6 nitrogen and oxygen atoms in total. The molecule has 1 atom stereocenters. The summed E-state index contributed by atoms with van der Waals surface area (Å²) in [5.41, 5.74) is 1.71. The zero-order valence-corrected chi connectivity index (χ0v) is 15.0. The Labute approximate surface area is 159 Å². The summed E-state index contributed by atoms with van der Waals surface area (Å²) in [5, 5.41) is 3.16. The highest BCUT2D eigenvalue weighted by Crippen LogP contribution is 2.29. The van der Waals surface area contributed by atoms with E-state index in [4.69, 9.17) is 11.6 Å². The number of halogens is 2. The highest BCUT2D eigenvalue weighted by Gasteiger charge is 2.23. The van der Waals surface area contributed by atoms with Gasteiger partial charge in [0.15, 0.2) is 12.3 Å². The first-order valence-corrected chi connectivity index (χ1v) is 8.37. The van der Waals surface area contributed by atoms with Crippen molar-refractivity contribution in [2.45, 2.75) is 6.04 Å². The minimum absolute atomic E-state index is 0.0112. The summed E-state index contributed by atoms with van der Waals surface area (Å²) >= 11 is 6.11. The SMILES string of the molecule is COC(=O)C(C=O)NC1=Nc2ccc(Cl)cc2C(c2ccccc2F)=NC1. The van der Waals surface area contributed by atoms with Crippen molar-refractivity contribution >= 4 is 41.1 Å². The number of aliphatic imine (C=N–C) groups is 2. The van der Waals surface area contributed by atoms with Gasteiger partial charge in [0.05, 0.1) is 25.1 Å². The van der Waals surface area contributed by atoms with E-state index in [1.54, 1.807) is 36.4 Å². The van der Waals surface area contributed by atoms with Crippen LogP contribution in [0.25, 0.3) is 0 Å². The number of aldehydes is 1. The molecule has 0 fully saturated rings. The first-order chi connectivity index (χ1) is 13.0. The number of nitrogens with one attached hydrogen (secondary N) is 1. The number of fused-ring (bicyclic) bond motifs is 1. The van der Waals surface area contributed by atoms with E-state index in [9.17, 15) is 14.0 Å². The molecule has 0 spiro atoms. The van der Waals surface area contributed by atoms with E-state index in [0.717, 1.165) is 0 Å². The molecule has 27 heavy (non-hydrogen) atoms. The number of esters is 1. The van der Waals surface area contributed by atoms with Gasteiger partial charge in [-0.15, -0.1) is 0 Å². The van der Waals surface area contributed by atoms with Gasteiger partial charge in [-0.25, -0.2) is 14.2 Å². The van der Waals surface area contributed by atoms with Crippen LogP contribution in [-0.2, 0) is 14.3 Å². The van der Waals surface area contributed by atoms with Crippen LogP contribution in [0.2, 0.25) is 5.02 Å². The average molecular weight is 388 g/mol. The Balaban J connectivity index is 2.06. The maximum atomic E-state index is 14.3. The maximum Gasteiger partial charge on any atom is 0.335 e. The third kappa shape index (κ3) is 4.03. The molecule has 1 heterocycles. The largest absolute Gasteiger partial charge is 0.467 e. The molecule has 0 bridgehead atoms. The molecular weight excluding hydrogens is 373 g/mol. The number of methoxy groups -OCH3 is 1. The predicted molar refractivity (Wildman–Crippen MR) is 100 cm³/mol. The number of ether oxygens (including phenoxy) is 1. The minimum atomic E-state index is -1.21. The predicted octanol–water partition coefficient (Wildman–Crippen LogP) is 2.69. The Hall–Kier alpha value is -3.06. The smallest absolute Gasteiger partial charge is 0.335 e. The molecule has 1 aliphatic rings. The third-order valence-corrected chi connectivity index (χ3v) is 4.13. The van der Waals surface area contributed by atoms with Crippen molar-refractivity contribution in [1.29, 1.82) is 0 Å². The number of carbonyl (C=O) groups is 2. The van der Waals surface area contributed by atoms with Crippen LogP contribution in [0.3, 0.4) is 0 Å². The van der Waals surface area contributed by atoms with Gasteiger partial charge in [0.2, 0.25) is 0 Å². The molecule has 0 aromatic heterocycles. The second-order valence-corrected chi connectivity index (χ2v) is 6.08. The molecule has 3 rings (SSSR count). The maximum absolute atomic E-state index is 14.3. The van der Waals surface area contributed by atoms with E-state index < -0.39 is 17.8 Å². The zero-order chi connectivity index (χ0) is 19.4. The molecule has 0 radical (unpaired) electrons. The number of carbonyl (C=O) groups excluding carboxylic acids is 2. The van der Waals surface area contributed by atoms with E-state index in [1.807, 2.05) is 0 Å². The Bertz CT molecular complexity index is 959. The molecule has 2 aromatic carbocycles. The van der Waals surface area contributed by atoms with Crippen LogP contribution in [-0.4, -0.2) is 43.5 Å². The van der Waals surface area contributed by atoms with E-state index in [1.165, 1.54) is 13.2 Å². The summed E-state index contributed by atoms with van der Waals surface area (Å²) in [5.74, 6) is -0.905. The highest BCUT2D eigenvalue weighted by atomic mass is 35.5. The van der Waals surface area contributed by atoms with Crippen LogP contribution in [0.5, 0.6) is 0 Å². The van der Waals surface area contributed by atoms with Crippen molar-refractivity contribution in [2.75, 3.05) is 13.7 Å². The second kappa shape index (κ2) is 8.09. The quantitative estimate of drug-likeness (QED) is 0.497. The number of benzene rings is 2. The number of rotatable bonds is 4. The lowest BCUT2D eigenvalue weighted by molar-refractivity contribution is -0.143. The minimum Gasteiger partial charge on any atom is -0.467 e.